The predicted molar refractivity (Wildman–Crippen MR) is 115 cm³/mol. The molecule has 0 radical (unpaired) electrons. The Bertz CT molecular complexity index is 847. The van der Waals surface area contributed by atoms with E-state index in [9.17, 15) is 18.4 Å². The number of hydrogen-bond donors (Lipinski definition) is 1. The lowest BCUT2D eigenvalue weighted by Gasteiger charge is -2.41. The van der Waals surface area contributed by atoms with Crippen LogP contribution in [0.25, 0.3) is 0 Å². The molecule has 1 N–H and O–H groups in total. The van der Waals surface area contributed by atoms with E-state index in [1.807, 2.05) is 13.8 Å². The number of amides is 2. The molecule has 0 unspecified atom stereocenters. The maximum Gasteiger partial charge on any atom is 0.245 e. The van der Waals surface area contributed by atoms with E-state index >= 15 is 0 Å². The molecule has 0 aromatic heterocycles. The van der Waals surface area contributed by atoms with Gasteiger partial charge in [-0.2, -0.15) is 0 Å². The molecule has 166 valence electrons. The van der Waals surface area contributed by atoms with Gasteiger partial charge in [-0.05, 0) is 41.3 Å². The standard InChI is InChI=1S/C24H29F2N3O2/c1-16(2)22(27-17(3)30)24(31)29-14-12-28(13-15-29)23(18-4-8-20(25)9-5-18)19-6-10-21(26)11-7-19/h4-11,16,22-23H,12-15H2,1-3H3,(H,27,30)/t22-/m1/s1. The van der Waals surface area contributed by atoms with Crippen LogP contribution >= 0.6 is 0 Å². The number of carbonyl (C=O) groups is 2. The van der Waals surface area contributed by atoms with Gasteiger partial charge in [-0.1, -0.05) is 38.1 Å². The van der Waals surface area contributed by atoms with Gasteiger partial charge in [0.05, 0.1) is 6.04 Å². The molecule has 1 heterocycles. The Hall–Kier alpha value is -2.80. The van der Waals surface area contributed by atoms with Gasteiger partial charge in [-0.15, -0.1) is 0 Å². The molecule has 31 heavy (non-hydrogen) atoms. The fraction of sp³-hybridized carbons (Fsp3) is 0.417. The van der Waals surface area contributed by atoms with E-state index in [4.69, 9.17) is 0 Å². The van der Waals surface area contributed by atoms with Gasteiger partial charge < -0.3 is 10.2 Å². The van der Waals surface area contributed by atoms with Gasteiger partial charge in [-0.3, -0.25) is 14.5 Å². The first-order chi connectivity index (χ1) is 14.8. The second-order valence-electron chi connectivity index (χ2n) is 8.29. The van der Waals surface area contributed by atoms with Crippen molar-refractivity contribution in [3.05, 3.63) is 71.3 Å². The molecule has 7 heteroatoms. The van der Waals surface area contributed by atoms with Crippen LogP contribution in [0.3, 0.4) is 0 Å². The number of piperazine rings is 1. The largest absolute Gasteiger partial charge is 0.344 e. The van der Waals surface area contributed by atoms with Crippen molar-refractivity contribution in [2.24, 2.45) is 5.92 Å². The summed E-state index contributed by atoms with van der Waals surface area (Å²) in [6.07, 6.45) is 0. The highest BCUT2D eigenvalue weighted by atomic mass is 19.1. The minimum atomic E-state index is -0.547. The van der Waals surface area contributed by atoms with Crippen molar-refractivity contribution in [1.82, 2.24) is 15.1 Å². The lowest BCUT2D eigenvalue weighted by Crippen LogP contribution is -2.56. The van der Waals surface area contributed by atoms with Crippen LogP contribution in [0.5, 0.6) is 0 Å². The minimum absolute atomic E-state index is 0.0133. The van der Waals surface area contributed by atoms with Gasteiger partial charge in [0.1, 0.15) is 17.7 Å². The Morgan fingerprint density at radius 3 is 1.68 bits per heavy atom. The average molecular weight is 430 g/mol. The fourth-order valence-electron chi connectivity index (χ4n) is 4.03. The molecule has 1 atom stereocenters. The van der Waals surface area contributed by atoms with E-state index in [1.54, 1.807) is 29.2 Å². The third-order valence-corrected chi connectivity index (χ3v) is 5.65. The lowest BCUT2D eigenvalue weighted by atomic mass is 9.96. The highest BCUT2D eigenvalue weighted by molar-refractivity contribution is 5.87. The molecular weight excluding hydrogens is 400 g/mol. The third-order valence-electron chi connectivity index (χ3n) is 5.65. The van der Waals surface area contributed by atoms with Crippen molar-refractivity contribution in [2.45, 2.75) is 32.9 Å². The summed E-state index contributed by atoms with van der Waals surface area (Å²) in [6.45, 7) is 7.48. The molecular formula is C24H29F2N3O2. The highest BCUT2D eigenvalue weighted by Gasteiger charge is 2.32. The molecule has 0 saturated carbocycles. The zero-order valence-corrected chi connectivity index (χ0v) is 18.1. The maximum absolute atomic E-state index is 13.5. The summed E-state index contributed by atoms with van der Waals surface area (Å²) in [5, 5.41) is 2.76. The minimum Gasteiger partial charge on any atom is -0.344 e. The van der Waals surface area contributed by atoms with Crippen LogP contribution < -0.4 is 5.32 Å². The van der Waals surface area contributed by atoms with Crippen LogP contribution in [-0.2, 0) is 9.59 Å². The smallest absolute Gasteiger partial charge is 0.245 e. The topological polar surface area (TPSA) is 52.7 Å². The lowest BCUT2D eigenvalue weighted by molar-refractivity contribution is -0.139. The van der Waals surface area contributed by atoms with Crippen molar-refractivity contribution in [1.29, 1.82) is 0 Å². The predicted octanol–water partition coefficient (Wildman–Crippen LogP) is 3.36. The Kier molecular flexibility index (Phi) is 7.38. The van der Waals surface area contributed by atoms with E-state index in [-0.39, 0.29) is 35.4 Å². The summed E-state index contributed by atoms with van der Waals surface area (Å²) < 4.78 is 27.0. The zero-order valence-electron chi connectivity index (χ0n) is 18.1. The zero-order chi connectivity index (χ0) is 22.5. The SMILES string of the molecule is CC(=O)N[C@@H](C(=O)N1CCN(C(c2ccc(F)cc2)c2ccc(F)cc2)CC1)C(C)C. The van der Waals surface area contributed by atoms with Gasteiger partial charge in [0.2, 0.25) is 11.8 Å². The first kappa shape index (κ1) is 22.9. The summed E-state index contributed by atoms with van der Waals surface area (Å²) in [7, 11) is 0. The van der Waals surface area contributed by atoms with Crippen LogP contribution in [-0.4, -0.2) is 53.8 Å². The molecule has 5 nitrogen and oxygen atoms in total. The van der Waals surface area contributed by atoms with Crippen LogP contribution in [0, 0.1) is 17.6 Å². The normalized spacial score (nSPS) is 15.9. The number of nitrogens with zero attached hydrogens (tertiary/aromatic N) is 2. The first-order valence-electron chi connectivity index (χ1n) is 10.6. The van der Waals surface area contributed by atoms with Gasteiger partial charge in [0.25, 0.3) is 0 Å². The molecule has 3 rings (SSSR count). The summed E-state index contributed by atoms with van der Waals surface area (Å²) in [5.74, 6) is -0.937. The molecule has 2 aromatic carbocycles. The van der Waals surface area contributed by atoms with Crippen LogP contribution in [0.15, 0.2) is 48.5 Å². The molecule has 1 fully saturated rings. The Morgan fingerprint density at radius 2 is 1.29 bits per heavy atom. The van der Waals surface area contributed by atoms with Crippen LogP contribution in [0.2, 0.25) is 0 Å². The molecule has 2 aromatic rings. The number of benzene rings is 2. The van der Waals surface area contributed by atoms with E-state index in [0.717, 1.165) is 11.1 Å². The summed E-state index contributed by atoms with van der Waals surface area (Å²) in [4.78, 5) is 28.5. The molecule has 0 aliphatic carbocycles. The Labute approximate surface area is 182 Å². The molecule has 1 saturated heterocycles. The van der Waals surface area contributed by atoms with E-state index in [1.165, 1.54) is 31.2 Å². The maximum atomic E-state index is 13.5. The van der Waals surface area contributed by atoms with Crippen molar-refractivity contribution in [3.63, 3.8) is 0 Å². The number of carbonyl (C=O) groups excluding carboxylic acids is 2. The molecule has 0 bridgehead atoms. The van der Waals surface area contributed by atoms with Crippen LogP contribution in [0.4, 0.5) is 8.78 Å². The van der Waals surface area contributed by atoms with Gasteiger partial charge >= 0.3 is 0 Å². The summed E-state index contributed by atoms with van der Waals surface area (Å²) in [5.41, 5.74) is 1.82. The second kappa shape index (κ2) is 10.0. The van der Waals surface area contributed by atoms with Crippen LogP contribution in [0.1, 0.15) is 37.9 Å². The van der Waals surface area contributed by atoms with Crippen molar-refractivity contribution < 1.29 is 18.4 Å². The van der Waals surface area contributed by atoms with Crippen molar-refractivity contribution >= 4 is 11.8 Å². The second-order valence-corrected chi connectivity index (χ2v) is 8.29. The number of hydrogen-bond acceptors (Lipinski definition) is 3. The molecule has 1 aliphatic heterocycles. The number of halogens is 2. The quantitative estimate of drug-likeness (QED) is 0.766. The van der Waals surface area contributed by atoms with E-state index < -0.39 is 6.04 Å². The van der Waals surface area contributed by atoms with Crippen molar-refractivity contribution in [3.8, 4) is 0 Å². The van der Waals surface area contributed by atoms with Gasteiger partial charge in [0.15, 0.2) is 0 Å². The summed E-state index contributed by atoms with van der Waals surface area (Å²) in [6, 6.07) is 11.9. The average Bonchev–Trinajstić information content (AvgIpc) is 2.74. The van der Waals surface area contributed by atoms with E-state index in [2.05, 4.69) is 10.2 Å². The van der Waals surface area contributed by atoms with E-state index in [0.29, 0.717) is 26.2 Å². The van der Waals surface area contributed by atoms with Gasteiger partial charge in [0, 0.05) is 33.1 Å². The summed E-state index contributed by atoms with van der Waals surface area (Å²) >= 11 is 0. The Morgan fingerprint density at radius 1 is 0.839 bits per heavy atom. The molecule has 1 aliphatic rings. The highest BCUT2D eigenvalue weighted by Crippen LogP contribution is 2.30. The first-order valence-corrected chi connectivity index (χ1v) is 10.6. The third kappa shape index (κ3) is 5.67. The Balaban J connectivity index is 1.77. The molecule has 0 spiro atoms. The van der Waals surface area contributed by atoms with Crippen molar-refractivity contribution in [2.75, 3.05) is 26.2 Å². The number of nitrogens with one attached hydrogen (secondary N) is 1. The molecule has 2 amide bonds. The fourth-order valence-corrected chi connectivity index (χ4v) is 4.03. The number of rotatable bonds is 6. The van der Waals surface area contributed by atoms with Gasteiger partial charge in [-0.25, -0.2) is 8.78 Å². The monoisotopic (exact) mass is 429 g/mol.